The summed E-state index contributed by atoms with van der Waals surface area (Å²) in [5.74, 6) is 1.17. The molecule has 0 fully saturated rings. The quantitative estimate of drug-likeness (QED) is 0.586. The lowest BCUT2D eigenvalue weighted by Gasteiger charge is -2.08. The summed E-state index contributed by atoms with van der Waals surface area (Å²) in [7, 11) is 0. The Balaban J connectivity index is 1.72. The Labute approximate surface area is 158 Å². The van der Waals surface area contributed by atoms with Crippen LogP contribution in [-0.2, 0) is 6.54 Å². The van der Waals surface area contributed by atoms with Gasteiger partial charge in [-0.3, -0.25) is 4.79 Å². The minimum absolute atomic E-state index is 0.161. The van der Waals surface area contributed by atoms with E-state index >= 15 is 0 Å². The summed E-state index contributed by atoms with van der Waals surface area (Å²) < 4.78 is 7.91. The van der Waals surface area contributed by atoms with E-state index in [2.05, 4.69) is 43.4 Å². The van der Waals surface area contributed by atoms with Gasteiger partial charge in [0, 0.05) is 3.57 Å². The number of benzene rings is 2. The first-order chi connectivity index (χ1) is 12.2. The van der Waals surface area contributed by atoms with Crippen LogP contribution in [0.15, 0.2) is 48.5 Å². The fraction of sp³-hybridized carbons (Fsp3) is 0.176. The number of hydrogen-bond acceptors (Lipinski definition) is 5. The fourth-order valence-corrected chi connectivity index (χ4v) is 2.90. The fourth-order valence-electron chi connectivity index (χ4n) is 2.27. The summed E-state index contributed by atoms with van der Waals surface area (Å²) in [4.78, 5) is 12.3. The molecule has 0 unspecified atom stereocenters. The molecule has 1 amide bonds. The van der Waals surface area contributed by atoms with Gasteiger partial charge in [-0.1, -0.05) is 12.1 Å². The van der Waals surface area contributed by atoms with E-state index in [9.17, 15) is 4.79 Å². The number of carbonyl (C=O) groups is 1. The third-order valence-electron chi connectivity index (χ3n) is 3.45. The van der Waals surface area contributed by atoms with Crippen LogP contribution in [-0.4, -0.2) is 32.7 Å². The highest BCUT2D eigenvalue weighted by molar-refractivity contribution is 14.1. The van der Waals surface area contributed by atoms with E-state index in [0.717, 1.165) is 15.0 Å². The minimum Gasteiger partial charge on any atom is -0.494 e. The van der Waals surface area contributed by atoms with Crippen LogP contribution >= 0.6 is 22.6 Å². The van der Waals surface area contributed by atoms with E-state index < -0.39 is 0 Å². The Morgan fingerprint density at radius 2 is 1.96 bits per heavy atom. The van der Waals surface area contributed by atoms with E-state index in [1.807, 2.05) is 49.4 Å². The smallest absolute Gasteiger partial charge is 0.252 e. The Hall–Kier alpha value is -2.49. The van der Waals surface area contributed by atoms with E-state index in [0.29, 0.717) is 18.0 Å². The summed E-state index contributed by atoms with van der Waals surface area (Å²) in [6, 6.07) is 14.8. The highest BCUT2D eigenvalue weighted by atomic mass is 127. The Bertz CT molecular complexity index is 863. The number of carbonyl (C=O) groups excluding carboxylic acids is 1. The van der Waals surface area contributed by atoms with Crippen LogP contribution in [0.3, 0.4) is 0 Å². The minimum atomic E-state index is -0.161. The van der Waals surface area contributed by atoms with Crippen LogP contribution in [0.1, 0.15) is 23.1 Å². The van der Waals surface area contributed by atoms with Crippen LogP contribution in [0, 0.1) is 3.57 Å². The Kier molecular flexibility index (Phi) is 5.59. The number of amides is 1. The lowest BCUT2D eigenvalue weighted by Crippen LogP contribution is -2.25. The zero-order valence-corrected chi connectivity index (χ0v) is 15.7. The van der Waals surface area contributed by atoms with Gasteiger partial charge in [0.05, 0.1) is 24.4 Å². The predicted octanol–water partition coefficient (Wildman–Crippen LogP) is 2.60. The van der Waals surface area contributed by atoms with Crippen LogP contribution in [0.5, 0.6) is 5.75 Å². The number of rotatable bonds is 6. The van der Waals surface area contributed by atoms with Crippen molar-refractivity contribution in [3.63, 3.8) is 0 Å². The standard InChI is InChI=1S/C17H16IN5O2/c1-2-25-13-9-7-12(8-10-13)23-16(20-21-22-23)11-19-17(24)14-5-3-4-6-15(14)18/h3-10H,2,11H2,1H3,(H,19,24). The first kappa shape index (κ1) is 17.3. The van der Waals surface area contributed by atoms with E-state index in [-0.39, 0.29) is 12.5 Å². The van der Waals surface area contributed by atoms with Gasteiger partial charge in [-0.25, -0.2) is 0 Å². The lowest BCUT2D eigenvalue weighted by molar-refractivity contribution is 0.0948. The normalized spacial score (nSPS) is 10.5. The molecule has 0 saturated carbocycles. The molecule has 0 aliphatic heterocycles. The number of ether oxygens (including phenoxy) is 1. The summed E-state index contributed by atoms with van der Waals surface area (Å²) >= 11 is 2.14. The molecule has 0 aliphatic rings. The first-order valence-corrected chi connectivity index (χ1v) is 8.80. The average Bonchev–Trinajstić information content (AvgIpc) is 3.09. The van der Waals surface area contributed by atoms with Gasteiger partial charge in [-0.2, -0.15) is 4.68 Å². The summed E-state index contributed by atoms with van der Waals surface area (Å²) in [6.07, 6.45) is 0. The number of hydrogen-bond donors (Lipinski definition) is 1. The van der Waals surface area contributed by atoms with Gasteiger partial charge in [0.15, 0.2) is 5.82 Å². The van der Waals surface area contributed by atoms with E-state index in [1.165, 1.54) is 0 Å². The van der Waals surface area contributed by atoms with Crippen molar-refractivity contribution in [2.24, 2.45) is 0 Å². The largest absolute Gasteiger partial charge is 0.494 e. The Morgan fingerprint density at radius 3 is 2.68 bits per heavy atom. The molecule has 7 nitrogen and oxygen atoms in total. The maximum Gasteiger partial charge on any atom is 0.252 e. The molecule has 0 saturated heterocycles. The Morgan fingerprint density at radius 1 is 1.20 bits per heavy atom. The molecule has 3 aromatic rings. The molecular weight excluding hydrogens is 433 g/mol. The van der Waals surface area contributed by atoms with Crippen molar-refractivity contribution in [1.82, 2.24) is 25.5 Å². The van der Waals surface area contributed by atoms with Crippen LogP contribution in [0.25, 0.3) is 5.69 Å². The molecule has 1 heterocycles. The second-order valence-corrected chi connectivity index (χ2v) is 6.26. The summed E-state index contributed by atoms with van der Waals surface area (Å²) in [5.41, 5.74) is 1.43. The molecule has 128 valence electrons. The van der Waals surface area contributed by atoms with Crippen molar-refractivity contribution in [3.05, 3.63) is 63.5 Å². The molecule has 25 heavy (non-hydrogen) atoms. The molecule has 0 atom stereocenters. The molecule has 0 spiro atoms. The van der Waals surface area contributed by atoms with Gasteiger partial charge in [0.1, 0.15) is 5.75 Å². The van der Waals surface area contributed by atoms with E-state index in [1.54, 1.807) is 10.7 Å². The van der Waals surface area contributed by atoms with Crippen molar-refractivity contribution in [3.8, 4) is 11.4 Å². The first-order valence-electron chi connectivity index (χ1n) is 7.72. The van der Waals surface area contributed by atoms with Gasteiger partial charge in [0.2, 0.25) is 0 Å². The zero-order chi connectivity index (χ0) is 17.6. The second-order valence-electron chi connectivity index (χ2n) is 5.10. The van der Waals surface area contributed by atoms with Crippen molar-refractivity contribution < 1.29 is 9.53 Å². The highest BCUT2D eigenvalue weighted by Gasteiger charge is 2.12. The SMILES string of the molecule is CCOc1ccc(-n2nnnc2CNC(=O)c2ccccc2I)cc1. The maximum atomic E-state index is 12.3. The molecule has 1 aromatic heterocycles. The van der Waals surface area contributed by atoms with Crippen LogP contribution < -0.4 is 10.1 Å². The molecule has 1 N–H and O–H groups in total. The number of aromatic nitrogens is 4. The maximum absolute atomic E-state index is 12.3. The molecular formula is C17H16IN5O2. The number of halogens is 1. The van der Waals surface area contributed by atoms with Crippen LogP contribution in [0.4, 0.5) is 0 Å². The van der Waals surface area contributed by atoms with Gasteiger partial charge < -0.3 is 10.1 Å². The second kappa shape index (κ2) is 8.06. The average molecular weight is 449 g/mol. The predicted molar refractivity (Wildman–Crippen MR) is 101 cm³/mol. The van der Waals surface area contributed by atoms with Crippen molar-refractivity contribution >= 4 is 28.5 Å². The molecule has 0 aliphatic carbocycles. The number of tetrazole rings is 1. The van der Waals surface area contributed by atoms with Crippen LogP contribution in [0.2, 0.25) is 0 Å². The molecule has 8 heteroatoms. The van der Waals surface area contributed by atoms with Crippen molar-refractivity contribution in [1.29, 1.82) is 0 Å². The third kappa shape index (κ3) is 4.13. The number of nitrogens with zero attached hydrogens (tertiary/aromatic N) is 4. The van der Waals surface area contributed by atoms with E-state index in [4.69, 9.17) is 4.74 Å². The number of nitrogens with one attached hydrogen (secondary N) is 1. The topological polar surface area (TPSA) is 81.9 Å². The molecule has 0 bridgehead atoms. The van der Waals surface area contributed by atoms with Gasteiger partial charge in [-0.15, -0.1) is 5.10 Å². The molecule has 3 rings (SSSR count). The van der Waals surface area contributed by atoms with Crippen molar-refractivity contribution in [2.45, 2.75) is 13.5 Å². The molecule has 2 aromatic carbocycles. The summed E-state index contributed by atoms with van der Waals surface area (Å²) in [5, 5.41) is 14.5. The highest BCUT2D eigenvalue weighted by Crippen LogP contribution is 2.16. The monoisotopic (exact) mass is 449 g/mol. The third-order valence-corrected chi connectivity index (χ3v) is 4.39. The van der Waals surface area contributed by atoms with Crippen molar-refractivity contribution in [2.75, 3.05) is 6.61 Å². The lowest BCUT2D eigenvalue weighted by atomic mass is 10.2. The van der Waals surface area contributed by atoms with Gasteiger partial charge >= 0.3 is 0 Å². The summed E-state index contributed by atoms with van der Waals surface area (Å²) in [6.45, 7) is 2.77. The zero-order valence-electron chi connectivity index (χ0n) is 13.5. The van der Waals surface area contributed by atoms with Gasteiger partial charge in [-0.05, 0) is 76.3 Å². The van der Waals surface area contributed by atoms with Gasteiger partial charge in [0.25, 0.3) is 5.91 Å². The molecule has 0 radical (unpaired) electrons.